The van der Waals surface area contributed by atoms with Gasteiger partial charge in [-0.3, -0.25) is 4.79 Å². The fourth-order valence-corrected chi connectivity index (χ4v) is 3.86. The molecule has 1 aliphatic heterocycles. The van der Waals surface area contributed by atoms with E-state index in [0.29, 0.717) is 37.0 Å². The van der Waals surface area contributed by atoms with Gasteiger partial charge in [-0.25, -0.2) is 4.98 Å². The first-order valence-electron chi connectivity index (χ1n) is 8.76. The monoisotopic (exact) mass is 393 g/mol. The number of nitrogens with one attached hydrogen (secondary N) is 1. The molecule has 1 N–H and O–H groups in total. The second-order valence-corrected chi connectivity index (χ2v) is 7.31. The Morgan fingerprint density at radius 3 is 2.82 bits per heavy atom. The quantitative estimate of drug-likeness (QED) is 0.570. The van der Waals surface area contributed by atoms with Crippen molar-refractivity contribution in [2.24, 2.45) is 0 Å². The Morgan fingerprint density at radius 1 is 1.07 bits per heavy atom. The summed E-state index contributed by atoms with van der Waals surface area (Å²) in [5.74, 6) is 1.53. The van der Waals surface area contributed by atoms with E-state index in [0.717, 1.165) is 20.8 Å². The number of para-hydroxylation sites is 1. The van der Waals surface area contributed by atoms with Crippen LogP contribution in [0.1, 0.15) is 15.5 Å². The number of carbonyl (C=O) groups excluding carboxylic acids is 1. The summed E-state index contributed by atoms with van der Waals surface area (Å²) < 4.78 is 17.5. The molecule has 0 spiro atoms. The molecule has 0 bridgehead atoms. The molecule has 8 heteroatoms. The molecule has 140 valence electrons. The maximum Gasteiger partial charge on any atom is 0.273 e. The third-order valence-corrected chi connectivity index (χ3v) is 5.34. The highest BCUT2D eigenvalue weighted by molar-refractivity contribution is 7.18. The van der Waals surface area contributed by atoms with E-state index in [-0.39, 0.29) is 11.6 Å². The molecular formula is C20H15N3O4S. The molecule has 4 aromatic rings. The van der Waals surface area contributed by atoms with Crippen molar-refractivity contribution >= 4 is 27.5 Å². The summed E-state index contributed by atoms with van der Waals surface area (Å²) in [6.45, 7) is 1.38. The number of carbonyl (C=O) groups is 1. The lowest BCUT2D eigenvalue weighted by molar-refractivity contribution is 0.0942. The molecule has 1 amide bonds. The predicted molar refractivity (Wildman–Crippen MR) is 104 cm³/mol. The van der Waals surface area contributed by atoms with Gasteiger partial charge >= 0.3 is 0 Å². The van der Waals surface area contributed by atoms with E-state index < -0.39 is 0 Å². The Bertz CT molecular complexity index is 1130. The Hall–Kier alpha value is -3.39. The van der Waals surface area contributed by atoms with Gasteiger partial charge in [0.2, 0.25) is 0 Å². The van der Waals surface area contributed by atoms with Crippen molar-refractivity contribution in [2.45, 2.75) is 6.54 Å². The van der Waals surface area contributed by atoms with Crippen LogP contribution in [-0.4, -0.2) is 29.3 Å². The SMILES string of the molecule is O=C(NCc1nc2ccccc2s1)c1cc(-c2ccc3c(c2)OCCO3)on1. The molecule has 0 radical (unpaired) electrons. The van der Waals surface area contributed by atoms with Crippen LogP contribution in [0.5, 0.6) is 11.5 Å². The topological polar surface area (TPSA) is 86.5 Å². The zero-order valence-electron chi connectivity index (χ0n) is 14.7. The van der Waals surface area contributed by atoms with E-state index in [1.807, 2.05) is 42.5 Å². The van der Waals surface area contributed by atoms with E-state index in [4.69, 9.17) is 14.0 Å². The summed E-state index contributed by atoms with van der Waals surface area (Å²) >= 11 is 1.55. The minimum Gasteiger partial charge on any atom is -0.486 e. The maximum atomic E-state index is 12.4. The average molecular weight is 393 g/mol. The van der Waals surface area contributed by atoms with Crippen LogP contribution in [0.2, 0.25) is 0 Å². The molecule has 2 aromatic carbocycles. The number of thiazole rings is 1. The van der Waals surface area contributed by atoms with Crippen LogP contribution < -0.4 is 14.8 Å². The fraction of sp³-hybridized carbons (Fsp3) is 0.150. The number of fused-ring (bicyclic) bond motifs is 2. The average Bonchev–Trinajstić information content (AvgIpc) is 3.38. The lowest BCUT2D eigenvalue weighted by atomic mass is 10.1. The number of benzene rings is 2. The smallest absolute Gasteiger partial charge is 0.273 e. The van der Waals surface area contributed by atoms with Crippen molar-refractivity contribution in [3.8, 4) is 22.8 Å². The van der Waals surface area contributed by atoms with Crippen molar-refractivity contribution in [3.05, 3.63) is 59.2 Å². The third-order valence-electron chi connectivity index (χ3n) is 4.31. The summed E-state index contributed by atoms with van der Waals surface area (Å²) in [6, 6.07) is 15.0. The van der Waals surface area contributed by atoms with Crippen molar-refractivity contribution in [1.29, 1.82) is 0 Å². The minimum atomic E-state index is -0.313. The first kappa shape index (κ1) is 16.8. The molecule has 28 heavy (non-hydrogen) atoms. The van der Waals surface area contributed by atoms with Gasteiger partial charge in [0.05, 0.1) is 16.8 Å². The van der Waals surface area contributed by atoms with Gasteiger partial charge in [0, 0.05) is 11.6 Å². The fourth-order valence-electron chi connectivity index (χ4n) is 2.96. The van der Waals surface area contributed by atoms with Crippen LogP contribution in [0.15, 0.2) is 53.1 Å². The maximum absolute atomic E-state index is 12.4. The predicted octanol–water partition coefficient (Wildman–Crippen LogP) is 3.65. The van der Waals surface area contributed by atoms with Gasteiger partial charge in [0.15, 0.2) is 23.0 Å². The first-order chi connectivity index (χ1) is 13.8. The van der Waals surface area contributed by atoms with Gasteiger partial charge in [-0.05, 0) is 30.3 Å². The van der Waals surface area contributed by atoms with Gasteiger partial charge in [0.25, 0.3) is 5.91 Å². The molecular weight excluding hydrogens is 378 g/mol. The normalized spacial score (nSPS) is 12.9. The summed E-state index contributed by atoms with van der Waals surface area (Å²) in [5.41, 5.74) is 1.91. The van der Waals surface area contributed by atoms with Gasteiger partial charge in [-0.15, -0.1) is 11.3 Å². The summed E-state index contributed by atoms with van der Waals surface area (Å²) in [5, 5.41) is 7.55. The largest absolute Gasteiger partial charge is 0.486 e. The highest BCUT2D eigenvalue weighted by Crippen LogP contribution is 2.34. The Kier molecular flexibility index (Phi) is 4.17. The molecule has 0 aliphatic carbocycles. The van der Waals surface area contributed by atoms with Crippen molar-refractivity contribution in [1.82, 2.24) is 15.5 Å². The van der Waals surface area contributed by atoms with Gasteiger partial charge < -0.3 is 19.3 Å². The number of hydrogen-bond acceptors (Lipinski definition) is 7. The standard InChI is InChI=1S/C20H15N3O4S/c24-20(21-11-19-22-13-3-1-2-4-18(13)28-19)14-10-16(27-23-14)12-5-6-15-17(9-12)26-8-7-25-15/h1-6,9-10H,7-8,11H2,(H,21,24). The number of rotatable bonds is 4. The molecule has 0 unspecified atom stereocenters. The van der Waals surface area contributed by atoms with Crippen LogP contribution in [0.3, 0.4) is 0 Å². The second-order valence-electron chi connectivity index (χ2n) is 6.19. The number of hydrogen-bond donors (Lipinski definition) is 1. The summed E-state index contributed by atoms with van der Waals surface area (Å²) in [7, 11) is 0. The molecule has 1 aliphatic rings. The van der Waals surface area contributed by atoms with E-state index in [1.54, 1.807) is 17.4 Å². The zero-order chi connectivity index (χ0) is 18.9. The van der Waals surface area contributed by atoms with Crippen molar-refractivity contribution in [3.63, 3.8) is 0 Å². The van der Waals surface area contributed by atoms with Gasteiger partial charge in [-0.2, -0.15) is 0 Å². The molecule has 0 atom stereocenters. The second kappa shape index (κ2) is 6.97. The Balaban J connectivity index is 1.29. The molecule has 5 rings (SSSR count). The van der Waals surface area contributed by atoms with Crippen LogP contribution in [0.4, 0.5) is 0 Å². The van der Waals surface area contributed by atoms with Crippen LogP contribution in [0, 0.1) is 0 Å². The van der Waals surface area contributed by atoms with Crippen LogP contribution in [0.25, 0.3) is 21.5 Å². The minimum absolute atomic E-state index is 0.214. The molecule has 0 saturated carbocycles. The summed E-state index contributed by atoms with van der Waals surface area (Å²) in [6.07, 6.45) is 0. The lowest BCUT2D eigenvalue weighted by Crippen LogP contribution is -2.22. The van der Waals surface area contributed by atoms with Crippen LogP contribution >= 0.6 is 11.3 Å². The van der Waals surface area contributed by atoms with Gasteiger partial charge in [-0.1, -0.05) is 17.3 Å². The highest BCUT2D eigenvalue weighted by Gasteiger charge is 2.17. The van der Waals surface area contributed by atoms with Crippen molar-refractivity contribution in [2.75, 3.05) is 13.2 Å². The van der Waals surface area contributed by atoms with Crippen molar-refractivity contribution < 1.29 is 18.8 Å². The lowest BCUT2D eigenvalue weighted by Gasteiger charge is -2.18. The molecule has 0 saturated heterocycles. The highest BCUT2D eigenvalue weighted by atomic mass is 32.1. The number of aromatic nitrogens is 2. The van der Waals surface area contributed by atoms with E-state index >= 15 is 0 Å². The molecule has 0 fully saturated rings. The first-order valence-corrected chi connectivity index (χ1v) is 9.57. The number of ether oxygens (including phenoxy) is 2. The Morgan fingerprint density at radius 2 is 1.93 bits per heavy atom. The molecule has 7 nitrogen and oxygen atoms in total. The van der Waals surface area contributed by atoms with Crippen LogP contribution in [-0.2, 0) is 6.54 Å². The zero-order valence-corrected chi connectivity index (χ0v) is 15.5. The van der Waals surface area contributed by atoms with E-state index in [2.05, 4.69) is 15.5 Å². The van der Waals surface area contributed by atoms with E-state index in [9.17, 15) is 4.79 Å². The third kappa shape index (κ3) is 3.18. The molecule has 3 heterocycles. The summed E-state index contributed by atoms with van der Waals surface area (Å²) in [4.78, 5) is 16.9. The van der Waals surface area contributed by atoms with E-state index in [1.165, 1.54) is 0 Å². The van der Waals surface area contributed by atoms with Gasteiger partial charge in [0.1, 0.15) is 18.2 Å². The number of amides is 1. The number of nitrogens with zero attached hydrogens (tertiary/aromatic N) is 2. The Labute approximate surface area is 163 Å². The molecule has 2 aromatic heterocycles.